The highest BCUT2D eigenvalue weighted by Crippen LogP contribution is 2.22. The molecular formula is C25H28N2O3. The van der Waals surface area contributed by atoms with E-state index in [2.05, 4.69) is 24.4 Å². The monoisotopic (exact) mass is 404 g/mol. The van der Waals surface area contributed by atoms with Crippen LogP contribution in [0.25, 0.3) is 10.8 Å². The molecule has 2 heterocycles. The number of hydrogen-bond acceptors (Lipinski definition) is 3. The third kappa shape index (κ3) is 4.62. The molecule has 156 valence electrons. The Morgan fingerprint density at radius 2 is 1.87 bits per heavy atom. The molecule has 1 N–H and O–H groups in total. The zero-order chi connectivity index (χ0) is 20.9. The van der Waals surface area contributed by atoms with Gasteiger partial charge >= 0.3 is 0 Å². The van der Waals surface area contributed by atoms with Gasteiger partial charge < -0.3 is 14.6 Å². The number of benzene rings is 2. The molecule has 0 radical (unpaired) electrons. The van der Waals surface area contributed by atoms with Gasteiger partial charge in [0.25, 0.3) is 5.56 Å². The summed E-state index contributed by atoms with van der Waals surface area (Å²) in [6.07, 6.45) is 4.93. The number of rotatable bonds is 6. The van der Waals surface area contributed by atoms with Gasteiger partial charge in [-0.1, -0.05) is 30.3 Å². The molecule has 0 atom stereocenters. The van der Waals surface area contributed by atoms with Crippen molar-refractivity contribution in [1.82, 2.24) is 4.57 Å². The number of carbonyl (C=O) groups is 1. The quantitative estimate of drug-likeness (QED) is 0.666. The van der Waals surface area contributed by atoms with Gasteiger partial charge in [-0.3, -0.25) is 9.59 Å². The Kier molecular flexibility index (Phi) is 6.29. The number of aromatic nitrogens is 1. The minimum Gasteiger partial charge on any atom is -0.381 e. The first-order chi connectivity index (χ1) is 14.6. The molecular weight excluding hydrogens is 376 g/mol. The minimum atomic E-state index is -0.0443. The molecule has 0 unspecified atom stereocenters. The van der Waals surface area contributed by atoms with E-state index in [1.54, 1.807) is 4.57 Å². The molecule has 1 aromatic heterocycles. The molecule has 0 saturated carbocycles. The fourth-order valence-corrected chi connectivity index (χ4v) is 4.13. The van der Waals surface area contributed by atoms with E-state index in [0.29, 0.717) is 36.4 Å². The van der Waals surface area contributed by atoms with Crippen LogP contribution in [0.3, 0.4) is 0 Å². The number of nitrogens with zero attached hydrogens (tertiary/aromatic N) is 1. The van der Waals surface area contributed by atoms with Crippen molar-refractivity contribution < 1.29 is 9.53 Å². The average molecular weight is 405 g/mol. The zero-order valence-corrected chi connectivity index (χ0v) is 17.4. The van der Waals surface area contributed by atoms with Crippen molar-refractivity contribution in [3.8, 4) is 0 Å². The van der Waals surface area contributed by atoms with Crippen molar-refractivity contribution in [2.24, 2.45) is 5.92 Å². The summed E-state index contributed by atoms with van der Waals surface area (Å²) in [5.74, 6) is 0.426. The van der Waals surface area contributed by atoms with Crippen molar-refractivity contribution in [3.05, 3.63) is 76.2 Å². The van der Waals surface area contributed by atoms with Crippen LogP contribution >= 0.6 is 0 Å². The Balaban J connectivity index is 1.49. The molecule has 3 aromatic rings. The van der Waals surface area contributed by atoms with E-state index in [1.165, 1.54) is 11.1 Å². The normalized spacial score (nSPS) is 14.7. The van der Waals surface area contributed by atoms with Gasteiger partial charge in [-0.25, -0.2) is 0 Å². The maximum atomic E-state index is 13.0. The third-order valence-electron chi connectivity index (χ3n) is 5.97. The van der Waals surface area contributed by atoms with E-state index < -0.39 is 0 Å². The number of pyridine rings is 1. The number of aryl methyl sites for hydroxylation is 2. The number of carbonyl (C=O) groups excluding carboxylic acids is 1. The van der Waals surface area contributed by atoms with Crippen LogP contribution in [0.1, 0.15) is 30.4 Å². The number of nitrogens with one attached hydrogen (secondary N) is 1. The first kappa shape index (κ1) is 20.4. The minimum absolute atomic E-state index is 0.00463. The summed E-state index contributed by atoms with van der Waals surface area (Å²) in [5, 5.41) is 4.43. The lowest BCUT2D eigenvalue weighted by molar-refractivity contribution is -0.116. The van der Waals surface area contributed by atoms with Gasteiger partial charge in [0.15, 0.2) is 0 Å². The maximum absolute atomic E-state index is 13.0. The molecule has 0 spiro atoms. The molecule has 1 saturated heterocycles. The van der Waals surface area contributed by atoms with Gasteiger partial charge in [0.05, 0.1) is 0 Å². The zero-order valence-electron chi connectivity index (χ0n) is 17.4. The fraction of sp³-hybridized carbons (Fsp3) is 0.360. The summed E-state index contributed by atoms with van der Waals surface area (Å²) in [6.45, 7) is 4.31. The Morgan fingerprint density at radius 1 is 1.07 bits per heavy atom. The number of hydrogen-bond donors (Lipinski definition) is 1. The molecule has 1 aliphatic heterocycles. The van der Waals surface area contributed by atoms with Crippen molar-refractivity contribution >= 4 is 22.4 Å². The van der Waals surface area contributed by atoms with E-state index >= 15 is 0 Å². The van der Waals surface area contributed by atoms with Crippen molar-refractivity contribution in [1.29, 1.82) is 0 Å². The Bertz CT molecular complexity index is 1100. The molecule has 4 rings (SSSR count). The fourth-order valence-electron chi connectivity index (χ4n) is 4.13. The van der Waals surface area contributed by atoms with Gasteiger partial charge in [-0.05, 0) is 61.4 Å². The van der Waals surface area contributed by atoms with Crippen LogP contribution in [0.4, 0.5) is 5.69 Å². The van der Waals surface area contributed by atoms with Gasteiger partial charge in [0.2, 0.25) is 5.91 Å². The van der Waals surface area contributed by atoms with Crippen LogP contribution in [0.2, 0.25) is 0 Å². The van der Waals surface area contributed by atoms with Gasteiger partial charge in [0, 0.05) is 48.8 Å². The van der Waals surface area contributed by atoms with Crippen molar-refractivity contribution in [2.45, 2.75) is 39.2 Å². The summed E-state index contributed by atoms with van der Waals surface area (Å²) < 4.78 is 7.21. The second kappa shape index (κ2) is 9.26. The topological polar surface area (TPSA) is 60.3 Å². The lowest BCUT2D eigenvalue weighted by Crippen LogP contribution is -2.27. The van der Waals surface area contributed by atoms with E-state index in [-0.39, 0.29) is 11.5 Å². The maximum Gasteiger partial charge on any atom is 0.258 e. The Morgan fingerprint density at radius 3 is 2.67 bits per heavy atom. The smallest absolute Gasteiger partial charge is 0.258 e. The summed E-state index contributed by atoms with van der Waals surface area (Å²) in [4.78, 5) is 25.6. The van der Waals surface area contributed by atoms with Crippen molar-refractivity contribution in [3.63, 3.8) is 0 Å². The SMILES string of the molecule is Cc1ccccc1CCC(=O)Nc1cccc2c(=O)n(CC3CCOCC3)ccc12. The van der Waals surface area contributed by atoms with E-state index in [9.17, 15) is 9.59 Å². The number of ether oxygens (including phenoxy) is 1. The van der Waals surface area contributed by atoms with E-state index in [4.69, 9.17) is 4.74 Å². The number of amides is 1. The standard InChI is InChI=1S/C25H28N2O3/c1-18-5-2-3-6-20(18)9-10-24(28)26-23-8-4-7-22-21(23)11-14-27(25(22)29)17-19-12-15-30-16-13-19/h2-8,11,14,19H,9-10,12-13,15-17H2,1H3,(H,26,28). The van der Waals surface area contributed by atoms with Crippen LogP contribution in [0.15, 0.2) is 59.5 Å². The molecule has 2 aromatic carbocycles. The summed E-state index contributed by atoms with van der Waals surface area (Å²) >= 11 is 0. The summed E-state index contributed by atoms with van der Waals surface area (Å²) in [6, 6.07) is 15.6. The molecule has 1 fully saturated rings. The van der Waals surface area contributed by atoms with E-state index in [0.717, 1.165) is 31.4 Å². The molecule has 5 nitrogen and oxygen atoms in total. The van der Waals surface area contributed by atoms with Gasteiger partial charge in [0.1, 0.15) is 0 Å². The van der Waals surface area contributed by atoms with Gasteiger partial charge in [-0.15, -0.1) is 0 Å². The van der Waals surface area contributed by atoms with Gasteiger partial charge in [-0.2, -0.15) is 0 Å². The lowest BCUT2D eigenvalue weighted by atomic mass is 10.00. The van der Waals surface area contributed by atoms with Crippen molar-refractivity contribution in [2.75, 3.05) is 18.5 Å². The van der Waals surface area contributed by atoms with Crippen LogP contribution in [-0.4, -0.2) is 23.7 Å². The predicted molar refractivity (Wildman–Crippen MR) is 120 cm³/mol. The molecule has 5 heteroatoms. The largest absolute Gasteiger partial charge is 0.381 e. The third-order valence-corrected chi connectivity index (χ3v) is 5.97. The number of fused-ring (bicyclic) bond motifs is 1. The first-order valence-corrected chi connectivity index (χ1v) is 10.7. The number of anilines is 1. The highest BCUT2D eigenvalue weighted by atomic mass is 16.5. The lowest BCUT2D eigenvalue weighted by Gasteiger charge is -2.23. The second-order valence-corrected chi connectivity index (χ2v) is 8.07. The summed E-state index contributed by atoms with van der Waals surface area (Å²) in [7, 11) is 0. The molecule has 0 bridgehead atoms. The van der Waals surface area contributed by atoms with E-state index in [1.807, 2.05) is 42.6 Å². The highest BCUT2D eigenvalue weighted by molar-refractivity contribution is 6.01. The molecule has 1 aliphatic rings. The molecule has 30 heavy (non-hydrogen) atoms. The van der Waals surface area contributed by atoms with Crippen LogP contribution in [-0.2, 0) is 22.5 Å². The Labute approximate surface area is 176 Å². The van der Waals surface area contributed by atoms with Crippen LogP contribution in [0.5, 0.6) is 0 Å². The molecule has 0 aliphatic carbocycles. The molecule has 1 amide bonds. The van der Waals surface area contributed by atoms with Crippen LogP contribution in [0, 0.1) is 12.8 Å². The summed E-state index contributed by atoms with van der Waals surface area (Å²) in [5.41, 5.74) is 3.06. The highest BCUT2D eigenvalue weighted by Gasteiger charge is 2.16. The predicted octanol–water partition coefficient (Wildman–Crippen LogP) is 4.31. The Hall–Kier alpha value is -2.92. The van der Waals surface area contributed by atoms with Crippen LogP contribution < -0.4 is 10.9 Å². The average Bonchev–Trinajstić information content (AvgIpc) is 2.76. The first-order valence-electron chi connectivity index (χ1n) is 10.7. The second-order valence-electron chi connectivity index (χ2n) is 8.07.